The lowest BCUT2D eigenvalue weighted by atomic mass is 9.81. The number of aromatic hydroxyl groups is 1. The molecule has 2 fully saturated rings. The molecular weight excluding hydrogens is 390 g/mol. The summed E-state index contributed by atoms with van der Waals surface area (Å²) in [5.74, 6) is -1.92. The summed E-state index contributed by atoms with van der Waals surface area (Å²) in [6, 6.07) is 4.28. The van der Waals surface area contributed by atoms with Crippen LogP contribution < -0.4 is 5.63 Å². The van der Waals surface area contributed by atoms with E-state index in [2.05, 4.69) is 0 Å². The zero-order chi connectivity index (χ0) is 21.4. The molecule has 2 atom stereocenters. The summed E-state index contributed by atoms with van der Waals surface area (Å²) >= 11 is 0. The van der Waals surface area contributed by atoms with Crippen molar-refractivity contribution in [2.45, 2.75) is 45.6 Å². The summed E-state index contributed by atoms with van der Waals surface area (Å²) in [7, 11) is 0. The fourth-order valence-electron chi connectivity index (χ4n) is 4.43. The first-order valence-corrected chi connectivity index (χ1v) is 10.2. The number of esters is 1. The number of likely N-dealkylation sites (tertiary alicyclic amines) is 1. The molecule has 2 amide bonds. The van der Waals surface area contributed by atoms with Gasteiger partial charge in [0.25, 0.3) is 0 Å². The van der Waals surface area contributed by atoms with Crippen molar-refractivity contribution in [3.05, 3.63) is 39.7 Å². The van der Waals surface area contributed by atoms with E-state index in [1.165, 1.54) is 12.1 Å². The maximum atomic E-state index is 12.5. The van der Waals surface area contributed by atoms with E-state index < -0.39 is 18.1 Å². The van der Waals surface area contributed by atoms with Gasteiger partial charge in [-0.3, -0.25) is 19.3 Å². The molecule has 0 bridgehead atoms. The molecule has 2 aliphatic rings. The van der Waals surface area contributed by atoms with E-state index in [-0.39, 0.29) is 41.6 Å². The topological polar surface area (TPSA) is 114 Å². The summed E-state index contributed by atoms with van der Waals surface area (Å²) in [4.78, 5) is 50.2. The number of carbonyl (C=O) groups is 3. The van der Waals surface area contributed by atoms with Gasteiger partial charge in [0.05, 0.1) is 11.8 Å². The van der Waals surface area contributed by atoms with Crippen molar-refractivity contribution in [1.29, 1.82) is 0 Å². The minimum atomic E-state index is -0.716. The summed E-state index contributed by atoms with van der Waals surface area (Å²) < 4.78 is 10.4. The van der Waals surface area contributed by atoms with Crippen LogP contribution in [0.5, 0.6) is 5.75 Å². The molecule has 1 aromatic carbocycles. The number of nitrogens with zero attached hydrogens (tertiary/aromatic N) is 1. The number of hydrogen-bond donors (Lipinski definition) is 1. The van der Waals surface area contributed by atoms with Crippen molar-refractivity contribution in [3.63, 3.8) is 0 Å². The van der Waals surface area contributed by atoms with Crippen molar-refractivity contribution in [2.24, 2.45) is 11.8 Å². The SMILES string of the molecule is CCc1cc2c(COC(=O)CN3C(=O)[C@@H]4CCCC[C@H]4C3=O)cc(=O)oc2cc1O. The minimum absolute atomic E-state index is 0.0230. The highest BCUT2D eigenvalue weighted by atomic mass is 16.5. The number of amides is 2. The maximum absolute atomic E-state index is 12.5. The van der Waals surface area contributed by atoms with Gasteiger partial charge < -0.3 is 14.3 Å². The number of imide groups is 1. The molecule has 1 aliphatic carbocycles. The molecule has 1 N–H and O–H groups in total. The fraction of sp³-hybridized carbons (Fsp3) is 0.455. The molecular formula is C22H23NO7. The first-order valence-electron chi connectivity index (χ1n) is 10.2. The van der Waals surface area contributed by atoms with Crippen molar-refractivity contribution >= 4 is 28.8 Å². The van der Waals surface area contributed by atoms with Crippen LogP contribution >= 0.6 is 0 Å². The molecule has 2 heterocycles. The Bertz CT molecular complexity index is 1060. The van der Waals surface area contributed by atoms with Gasteiger partial charge in [-0.05, 0) is 30.9 Å². The van der Waals surface area contributed by atoms with Crippen LogP contribution in [-0.2, 0) is 32.1 Å². The van der Waals surface area contributed by atoms with Crippen molar-refractivity contribution < 1.29 is 28.6 Å². The van der Waals surface area contributed by atoms with Crippen LogP contribution in [-0.4, -0.2) is 34.3 Å². The van der Waals surface area contributed by atoms with Crippen LogP contribution in [0, 0.1) is 11.8 Å². The number of hydrogen-bond acceptors (Lipinski definition) is 7. The Kier molecular flexibility index (Phi) is 5.32. The van der Waals surface area contributed by atoms with Gasteiger partial charge in [-0.2, -0.15) is 0 Å². The molecule has 1 aliphatic heterocycles. The molecule has 8 nitrogen and oxygen atoms in total. The van der Waals surface area contributed by atoms with Crippen LogP contribution in [0.2, 0.25) is 0 Å². The predicted molar refractivity (Wildman–Crippen MR) is 105 cm³/mol. The van der Waals surface area contributed by atoms with Gasteiger partial charge in [0, 0.05) is 23.1 Å². The zero-order valence-electron chi connectivity index (χ0n) is 16.7. The third kappa shape index (κ3) is 3.58. The number of fused-ring (bicyclic) bond motifs is 2. The molecule has 4 rings (SSSR count). The average molecular weight is 413 g/mol. The summed E-state index contributed by atoms with van der Waals surface area (Å²) in [5.41, 5.74) is 0.653. The summed E-state index contributed by atoms with van der Waals surface area (Å²) in [5, 5.41) is 10.5. The Morgan fingerprint density at radius 2 is 1.77 bits per heavy atom. The molecule has 2 aromatic rings. The number of phenols is 1. The summed E-state index contributed by atoms with van der Waals surface area (Å²) in [6.45, 7) is 1.24. The van der Waals surface area contributed by atoms with Crippen molar-refractivity contribution in [3.8, 4) is 5.75 Å². The standard InChI is InChI=1S/C22H23NO7/c1-2-12-7-16-13(8-19(25)30-18(16)9-17(12)24)11-29-20(26)10-23-21(27)14-5-3-4-6-15(14)22(23)28/h7-9,14-15,24H,2-6,10-11H2,1H3/t14-,15-/m1/s1. The predicted octanol–water partition coefficient (Wildman–Crippen LogP) is 2.28. The van der Waals surface area contributed by atoms with E-state index in [0.717, 1.165) is 17.7 Å². The number of rotatable bonds is 5. The quantitative estimate of drug-likeness (QED) is 0.454. The lowest BCUT2D eigenvalue weighted by Gasteiger charge is -2.19. The Balaban J connectivity index is 1.49. The summed E-state index contributed by atoms with van der Waals surface area (Å²) in [6.07, 6.45) is 3.76. The van der Waals surface area contributed by atoms with Gasteiger partial charge in [-0.15, -0.1) is 0 Å². The highest BCUT2D eigenvalue weighted by Gasteiger charge is 2.48. The fourth-order valence-corrected chi connectivity index (χ4v) is 4.43. The average Bonchev–Trinajstić information content (AvgIpc) is 2.96. The van der Waals surface area contributed by atoms with Gasteiger partial charge in [0.1, 0.15) is 24.5 Å². The number of benzene rings is 1. The lowest BCUT2D eigenvalue weighted by Crippen LogP contribution is -2.36. The van der Waals surface area contributed by atoms with E-state index in [1.807, 2.05) is 6.92 Å². The van der Waals surface area contributed by atoms with Gasteiger partial charge >= 0.3 is 11.6 Å². The number of carbonyl (C=O) groups excluding carboxylic acids is 3. The van der Waals surface area contributed by atoms with E-state index in [0.29, 0.717) is 35.8 Å². The monoisotopic (exact) mass is 413 g/mol. The first kappa shape index (κ1) is 20.1. The molecule has 0 radical (unpaired) electrons. The van der Waals surface area contributed by atoms with Gasteiger partial charge in [-0.1, -0.05) is 19.8 Å². The second-order valence-electron chi connectivity index (χ2n) is 7.84. The lowest BCUT2D eigenvalue weighted by molar-refractivity contribution is -0.153. The molecule has 8 heteroatoms. The number of phenolic OH excluding ortho intramolecular Hbond substituents is 1. The van der Waals surface area contributed by atoms with Crippen LogP contribution in [0.3, 0.4) is 0 Å². The maximum Gasteiger partial charge on any atom is 0.336 e. The van der Waals surface area contributed by atoms with Crippen LogP contribution in [0.25, 0.3) is 11.0 Å². The molecule has 1 aromatic heterocycles. The van der Waals surface area contributed by atoms with Crippen molar-refractivity contribution in [1.82, 2.24) is 4.90 Å². The first-order chi connectivity index (χ1) is 14.4. The second kappa shape index (κ2) is 7.93. The van der Waals surface area contributed by atoms with E-state index >= 15 is 0 Å². The van der Waals surface area contributed by atoms with Crippen LogP contribution in [0.4, 0.5) is 0 Å². The normalized spacial score (nSPS) is 21.2. The number of aryl methyl sites for hydroxylation is 1. The Morgan fingerprint density at radius 3 is 2.40 bits per heavy atom. The molecule has 0 spiro atoms. The third-order valence-electron chi connectivity index (χ3n) is 6.02. The van der Waals surface area contributed by atoms with E-state index in [9.17, 15) is 24.3 Å². The molecule has 1 saturated heterocycles. The minimum Gasteiger partial charge on any atom is -0.508 e. The zero-order valence-corrected chi connectivity index (χ0v) is 16.7. The van der Waals surface area contributed by atoms with Gasteiger partial charge in [0.2, 0.25) is 11.8 Å². The Morgan fingerprint density at radius 1 is 1.10 bits per heavy atom. The highest BCUT2D eigenvalue weighted by molar-refractivity contribution is 6.07. The Hall–Kier alpha value is -3.16. The van der Waals surface area contributed by atoms with Gasteiger partial charge in [0.15, 0.2) is 0 Å². The number of ether oxygens (including phenoxy) is 1. The second-order valence-corrected chi connectivity index (χ2v) is 7.84. The van der Waals surface area contributed by atoms with Gasteiger partial charge in [-0.25, -0.2) is 4.79 Å². The van der Waals surface area contributed by atoms with E-state index in [1.54, 1.807) is 6.07 Å². The van der Waals surface area contributed by atoms with Crippen LogP contribution in [0.1, 0.15) is 43.7 Å². The smallest absolute Gasteiger partial charge is 0.336 e. The molecule has 158 valence electrons. The van der Waals surface area contributed by atoms with E-state index in [4.69, 9.17) is 9.15 Å². The Labute approximate surface area is 172 Å². The molecule has 1 saturated carbocycles. The third-order valence-corrected chi connectivity index (χ3v) is 6.02. The van der Waals surface area contributed by atoms with Crippen molar-refractivity contribution in [2.75, 3.05) is 6.54 Å². The largest absolute Gasteiger partial charge is 0.508 e. The highest BCUT2D eigenvalue weighted by Crippen LogP contribution is 2.37. The van der Waals surface area contributed by atoms with Crippen LogP contribution in [0.15, 0.2) is 27.4 Å². The molecule has 0 unspecified atom stereocenters. The molecule has 30 heavy (non-hydrogen) atoms.